The van der Waals surface area contributed by atoms with E-state index in [9.17, 15) is 14.3 Å². The maximum absolute atomic E-state index is 13.3. The van der Waals surface area contributed by atoms with Crippen molar-refractivity contribution >= 4 is 5.91 Å². The summed E-state index contributed by atoms with van der Waals surface area (Å²) in [5.74, 6) is -0.118. The SMILES string of the molecule is C[C@]1(O)CN(C(=O)c2ccccc2)CC[C@@H]1Oc1cccc(F)c1. The number of rotatable bonds is 3. The first-order valence-corrected chi connectivity index (χ1v) is 7.95. The summed E-state index contributed by atoms with van der Waals surface area (Å²) in [5, 5.41) is 10.7. The molecule has 1 aliphatic heterocycles. The molecule has 0 unspecified atom stereocenters. The molecule has 0 bridgehead atoms. The van der Waals surface area contributed by atoms with Crippen molar-refractivity contribution in [3.63, 3.8) is 0 Å². The summed E-state index contributed by atoms with van der Waals surface area (Å²) in [6.45, 7) is 2.28. The lowest BCUT2D eigenvalue weighted by Crippen LogP contribution is -2.58. The molecule has 2 atom stereocenters. The van der Waals surface area contributed by atoms with E-state index in [1.807, 2.05) is 18.2 Å². The van der Waals surface area contributed by atoms with E-state index in [2.05, 4.69) is 0 Å². The number of amides is 1. The van der Waals surface area contributed by atoms with E-state index < -0.39 is 11.7 Å². The number of carbonyl (C=O) groups excluding carboxylic acids is 1. The third-order valence-electron chi connectivity index (χ3n) is 4.25. The Kier molecular flexibility index (Phi) is 4.53. The van der Waals surface area contributed by atoms with Gasteiger partial charge >= 0.3 is 0 Å². The molecule has 126 valence electrons. The van der Waals surface area contributed by atoms with Crippen LogP contribution in [-0.2, 0) is 0 Å². The number of hydrogen-bond donors (Lipinski definition) is 1. The molecule has 24 heavy (non-hydrogen) atoms. The second-order valence-corrected chi connectivity index (χ2v) is 6.30. The third kappa shape index (κ3) is 3.57. The number of benzene rings is 2. The van der Waals surface area contributed by atoms with Crippen molar-refractivity contribution in [3.8, 4) is 5.75 Å². The lowest BCUT2D eigenvalue weighted by Gasteiger charge is -2.42. The number of hydrogen-bond acceptors (Lipinski definition) is 3. The number of nitrogens with zero attached hydrogens (tertiary/aromatic N) is 1. The molecule has 4 nitrogen and oxygen atoms in total. The number of halogens is 1. The summed E-state index contributed by atoms with van der Waals surface area (Å²) >= 11 is 0. The molecule has 1 heterocycles. The minimum atomic E-state index is -1.21. The Balaban J connectivity index is 1.69. The molecule has 1 aliphatic rings. The van der Waals surface area contributed by atoms with Gasteiger partial charge in [-0.1, -0.05) is 24.3 Å². The van der Waals surface area contributed by atoms with Crippen LogP contribution in [0.5, 0.6) is 5.75 Å². The Labute approximate surface area is 140 Å². The molecule has 0 spiro atoms. The van der Waals surface area contributed by atoms with Crippen molar-refractivity contribution < 1.29 is 19.0 Å². The fraction of sp³-hybridized carbons (Fsp3) is 0.316. The van der Waals surface area contributed by atoms with E-state index >= 15 is 0 Å². The van der Waals surface area contributed by atoms with Gasteiger partial charge in [0.1, 0.15) is 23.3 Å². The molecule has 3 rings (SSSR count). The van der Waals surface area contributed by atoms with Crippen LogP contribution in [0.25, 0.3) is 0 Å². The minimum absolute atomic E-state index is 0.111. The van der Waals surface area contributed by atoms with Crippen LogP contribution < -0.4 is 4.74 Å². The topological polar surface area (TPSA) is 49.8 Å². The first-order chi connectivity index (χ1) is 11.5. The largest absolute Gasteiger partial charge is 0.487 e. The fourth-order valence-electron chi connectivity index (χ4n) is 2.98. The Morgan fingerprint density at radius 3 is 2.67 bits per heavy atom. The van der Waals surface area contributed by atoms with Crippen LogP contribution in [-0.4, -0.2) is 40.7 Å². The van der Waals surface area contributed by atoms with E-state index in [-0.39, 0.29) is 18.3 Å². The molecule has 0 aliphatic carbocycles. The van der Waals surface area contributed by atoms with Gasteiger partial charge in [0.05, 0.1) is 6.54 Å². The van der Waals surface area contributed by atoms with Crippen molar-refractivity contribution in [2.75, 3.05) is 13.1 Å². The monoisotopic (exact) mass is 329 g/mol. The van der Waals surface area contributed by atoms with E-state index in [0.717, 1.165) is 0 Å². The van der Waals surface area contributed by atoms with Crippen LogP contribution in [0, 0.1) is 5.82 Å². The summed E-state index contributed by atoms with van der Waals surface area (Å²) in [6.07, 6.45) is -0.0265. The average molecular weight is 329 g/mol. The Bertz CT molecular complexity index is 718. The van der Waals surface area contributed by atoms with Gasteiger partial charge in [0.2, 0.25) is 0 Å². The molecule has 0 aromatic heterocycles. The van der Waals surface area contributed by atoms with Gasteiger partial charge in [0.25, 0.3) is 5.91 Å². The molecule has 0 radical (unpaired) electrons. The highest BCUT2D eigenvalue weighted by molar-refractivity contribution is 5.94. The highest BCUT2D eigenvalue weighted by atomic mass is 19.1. The van der Waals surface area contributed by atoms with Gasteiger partial charge in [-0.05, 0) is 31.2 Å². The summed E-state index contributed by atoms with van der Waals surface area (Å²) in [5.41, 5.74) is -0.618. The highest BCUT2D eigenvalue weighted by Crippen LogP contribution is 2.27. The van der Waals surface area contributed by atoms with E-state index in [1.165, 1.54) is 12.1 Å². The van der Waals surface area contributed by atoms with Crippen LogP contribution >= 0.6 is 0 Å². The maximum atomic E-state index is 13.3. The molecule has 2 aromatic rings. The predicted octanol–water partition coefficient (Wildman–Crippen LogP) is 2.87. The van der Waals surface area contributed by atoms with E-state index in [0.29, 0.717) is 24.3 Å². The van der Waals surface area contributed by atoms with E-state index in [1.54, 1.807) is 36.1 Å². The number of β-amino-alcohol motifs (C(OH)–C–C–N with tert-alkyl or cyclic N) is 1. The zero-order valence-corrected chi connectivity index (χ0v) is 13.5. The van der Waals surface area contributed by atoms with Gasteiger partial charge in [-0.25, -0.2) is 4.39 Å². The van der Waals surface area contributed by atoms with Gasteiger partial charge in [0, 0.05) is 24.6 Å². The maximum Gasteiger partial charge on any atom is 0.253 e. The lowest BCUT2D eigenvalue weighted by molar-refractivity contribution is -0.0900. The molecular weight excluding hydrogens is 309 g/mol. The molecule has 5 heteroatoms. The molecule has 1 saturated heterocycles. The van der Waals surface area contributed by atoms with Crippen molar-refractivity contribution in [2.45, 2.75) is 25.0 Å². The van der Waals surface area contributed by atoms with Crippen molar-refractivity contribution in [1.82, 2.24) is 4.90 Å². The standard InChI is InChI=1S/C19H20FNO3/c1-19(23)13-21(18(22)14-6-3-2-4-7-14)11-10-17(19)24-16-9-5-8-15(20)12-16/h2-9,12,17,23H,10-11,13H2,1H3/t17-,19-/m0/s1. The molecule has 1 amide bonds. The second kappa shape index (κ2) is 6.61. The van der Waals surface area contributed by atoms with Gasteiger partial charge in [-0.2, -0.15) is 0 Å². The van der Waals surface area contributed by atoms with Crippen LogP contribution in [0.15, 0.2) is 54.6 Å². The van der Waals surface area contributed by atoms with Gasteiger partial charge in [0.15, 0.2) is 0 Å². The zero-order valence-electron chi connectivity index (χ0n) is 13.5. The second-order valence-electron chi connectivity index (χ2n) is 6.30. The van der Waals surface area contributed by atoms with Crippen molar-refractivity contribution in [3.05, 3.63) is 66.0 Å². The van der Waals surface area contributed by atoms with Gasteiger partial charge < -0.3 is 14.7 Å². The Hall–Kier alpha value is -2.40. The third-order valence-corrected chi connectivity index (χ3v) is 4.25. The molecule has 0 saturated carbocycles. The normalized spacial score (nSPS) is 23.8. The van der Waals surface area contributed by atoms with Crippen LogP contribution in [0.4, 0.5) is 4.39 Å². The minimum Gasteiger partial charge on any atom is -0.487 e. The van der Waals surface area contributed by atoms with Crippen molar-refractivity contribution in [1.29, 1.82) is 0 Å². The number of piperidine rings is 1. The molecule has 1 N–H and O–H groups in total. The first-order valence-electron chi connectivity index (χ1n) is 7.95. The van der Waals surface area contributed by atoms with Crippen LogP contribution in [0.2, 0.25) is 0 Å². The van der Waals surface area contributed by atoms with Crippen LogP contribution in [0.3, 0.4) is 0 Å². The predicted molar refractivity (Wildman–Crippen MR) is 88.4 cm³/mol. The average Bonchev–Trinajstić information content (AvgIpc) is 2.56. The number of carbonyl (C=O) groups is 1. The molecule has 2 aromatic carbocycles. The summed E-state index contributed by atoms with van der Waals surface area (Å²) < 4.78 is 19.0. The number of ether oxygens (including phenoxy) is 1. The van der Waals surface area contributed by atoms with Gasteiger partial charge in [-0.15, -0.1) is 0 Å². The zero-order chi connectivity index (χ0) is 17.2. The van der Waals surface area contributed by atoms with Crippen molar-refractivity contribution in [2.24, 2.45) is 0 Å². The summed E-state index contributed by atoms with van der Waals surface area (Å²) in [7, 11) is 0. The lowest BCUT2D eigenvalue weighted by atomic mass is 9.91. The molecular formula is C19H20FNO3. The highest BCUT2D eigenvalue weighted by Gasteiger charge is 2.41. The van der Waals surface area contributed by atoms with Crippen LogP contribution in [0.1, 0.15) is 23.7 Å². The smallest absolute Gasteiger partial charge is 0.253 e. The Morgan fingerprint density at radius 2 is 2.00 bits per heavy atom. The quantitative estimate of drug-likeness (QED) is 0.942. The number of aliphatic hydroxyl groups is 1. The Morgan fingerprint density at radius 1 is 1.25 bits per heavy atom. The number of likely N-dealkylation sites (tertiary alicyclic amines) is 1. The fourth-order valence-corrected chi connectivity index (χ4v) is 2.98. The summed E-state index contributed by atoms with van der Waals surface area (Å²) in [6, 6.07) is 14.8. The van der Waals surface area contributed by atoms with E-state index in [4.69, 9.17) is 4.74 Å². The van der Waals surface area contributed by atoms with Gasteiger partial charge in [-0.3, -0.25) is 4.79 Å². The molecule has 1 fully saturated rings. The summed E-state index contributed by atoms with van der Waals surface area (Å²) in [4.78, 5) is 14.1. The first kappa shape index (κ1) is 16.5.